The Morgan fingerprint density at radius 2 is 1.88 bits per heavy atom. The van der Waals surface area contributed by atoms with Crippen molar-refractivity contribution in [3.8, 4) is 17.6 Å². The van der Waals surface area contributed by atoms with Gasteiger partial charge in [0.15, 0.2) is 18.1 Å². The summed E-state index contributed by atoms with van der Waals surface area (Å²) in [4.78, 5) is 22.9. The van der Waals surface area contributed by atoms with Crippen molar-refractivity contribution in [3.05, 3.63) is 93.5 Å². The number of nitro benzene ring substituents is 1. The van der Waals surface area contributed by atoms with Crippen molar-refractivity contribution in [2.24, 2.45) is 0 Å². The third-order valence-electron chi connectivity index (χ3n) is 4.70. The van der Waals surface area contributed by atoms with Gasteiger partial charge in [0.2, 0.25) is 0 Å². The third kappa shape index (κ3) is 5.95. The zero-order valence-corrected chi connectivity index (χ0v) is 18.1. The molecule has 33 heavy (non-hydrogen) atoms. The first-order chi connectivity index (χ1) is 15.9. The normalized spacial score (nSPS) is 10.8. The summed E-state index contributed by atoms with van der Waals surface area (Å²) in [5, 5.41) is 23.5. The summed E-state index contributed by atoms with van der Waals surface area (Å²) in [6, 6.07) is 20.3. The first-order valence-electron chi connectivity index (χ1n) is 9.94. The number of anilines is 1. The average Bonchev–Trinajstić information content (AvgIpc) is 2.82. The van der Waals surface area contributed by atoms with Crippen LogP contribution in [0.25, 0.3) is 11.6 Å². The van der Waals surface area contributed by atoms with Gasteiger partial charge in [-0.3, -0.25) is 14.9 Å². The lowest BCUT2D eigenvalue weighted by Crippen LogP contribution is -2.20. The van der Waals surface area contributed by atoms with Crippen molar-refractivity contribution < 1.29 is 19.2 Å². The SMILES string of the molecule is COc1cccc(C=C(C#N)c2cccc([N+](=O)[O-])c2)c1OCC(=O)Nc1ccc(C)cc1. The fourth-order valence-corrected chi connectivity index (χ4v) is 3.06. The zero-order chi connectivity index (χ0) is 23.8. The van der Waals surface area contributed by atoms with Gasteiger partial charge < -0.3 is 14.8 Å². The van der Waals surface area contributed by atoms with Crippen molar-refractivity contribution in [1.29, 1.82) is 5.26 Å². The van der Waals surface area contributed by atoms with E-state index in [9.17, 15) is 20.2 Å². The number of nitrogens with one attached hydrogen (secondary N) is 1. The Bertz CT molecular complexity index is 1240. The third-order valence-corrected chi connectivity index (χ3v) is 4.70. The van der Waals surface area contributed by atoms with Crippen molar-refractivity contribution in [2.45, 2.75) is 6.92 Å². The number of allylic oxidation sites excluding steroid dienone is 1. The number of methoxy groups -OCH3 is 1. The minimum Gasteiger partial charge on any atom is -0.493 e. The second kappa shape index (κ2) is 10.6. The number of ether oxygens (including phenoxy) is 2. The molecule has 1 amide bonds. The summed E-state index contributed by atoms with van der Waals surface area (Å²) < 4.78 is 11.1. The maximum absolute atomic E-state index is 12.4. The van der Waals surface area contributed by atoms with Gasteiger partial charge in [0.25, 0.3) is 11.6 Å². The molecule has 1 N–H and O–H groups in total. The number of rotatable bonds is 8. The van der Waals surface area contributed by atoms with Gasteiger partial charge in [-0.15, -0.1) is 0 Å². The number of non-ortho nitro benzene ring substituents is 1. The van der Waals surface area contributed by atoms with Crippen LogP contribution in [0.4, 0.5) is 11.4 Å². The molecule has 0 aliphatic rings. The number of hydrogen-bond donors (Lipinski definition) is 1. The van der Waals surface area contributed by atoms with Crippen LogP contribution in [0.15, 0.2) is 66.7 Å². The van der Waals surface area contributed by atoms with E-state index in [1.54, 1.807) is 36.4 Å². The van der Waals surface area contributed by atoms with E-state index >= 15 is 0 Å². The quantitative estimate of drug-likeness (QED) is 0.227. The number of nitriles is 1. The lowest BCUT2D eigenvalue weighted by molar-refractivity contribution is -0.384. The molecule has 0 fully saturated rings. The van der Waals surface area contributed by atoms with Crippen molar-refractivity contribution >= 4 is 28.9 Å². The molecule has 0 aliphatic carbocycles. The van der Waals surface area contributed by atoms with Crippen molar-refractivity contribution in [2.75, 3.05) is 19.0 Å². The van der Waals surface area contributed by atoms with Crippen LogP contribution in [-0.2, 0) is 4.79 Å². The first-order valence-corrected chi connectivity index (χ1v) is 9.94. The minimum atomic E-state index is -0.523. The fourth-order valence-electron chi connectivity index (χ4n) is 3.06. The molecule has 0 bridgehead atoms. The van der Waals surface area contributed by atoms with E-state index in [4.69, 9.17) is 9.47 Å². The molecule has 0 heterocycles. The second-order valence-electron chi connectivity index (χ2n) is 7.06. The van der Waals surface area contributed by atoms with E-state index < -0.39 is 4.92 Å². The highest BCUT2D eigenvalue weighted by molar-refractivity contribution is 5.93. The molecule has 166 valence electrons. The molecule has 0 saturated heterocycles. The summed E-state index contributed by atoms with van der Waals surface area (Å²) in [6.45, 7) is 1.67. The molecule has 0 spiro atoms. The number of nitrogens with zero attached hydrogens (tertiary/aromatic N) is 2. The number of nitro groups is 1. The zero-order valence-electron chi connectivity index (χ0n) is 18.1. The lowest BCUT2D eigenvalue weighted by Gasteiger charge is -2.14. The average molecular weight is 443 g/mol. The van der Waals surface area contributed by atoms with E-state index in [-0.39, 0.29) is 29.5 Å². The highest BCUT2D eigenvalue weighted by Gasteiger charge is 2.14. The molecule has 3 aromatic carbocycles. The summed E-state index contributed by atoms with van der Waals surface area (Å²) in [5.41, 5.74) is 2.67. The van der Waals surface area contributed by atoms with Gasteiger partial charge in [-0.05, 0) is 36.8 Å². The van der Waals surface area contributed by atoms with E-state index in [1.807, 2.05) is 19.1 Å². The predicted octanol–water partition coefficient (Wildman–Crippen LogP) is 4.99. The first kappa shape index (κ1) is 23.0. The molecule has 0 aliphatic heterocycles. The van der Waals surface area contributed by atoms with E-state index in [1.165, 1.54) is 31.4 Å². The van der Waals surface area contributed by atoms with Crippen LogP contribution in [0.3, 0.4) is 0 Å². The number of carbonyl (C=O) groups excluding carboxylic acids is 1. The van der Waals surface area contributed by atoms with Gasteiger partial charge in [-0.1, -0.05) is 42.0 Å². The van der Waals surface area contributed by atoms with Crippen LogP contribution >= 0.6 is 0 Å². The smallest absolute Gasteiger partial charge is 0.270 e. The maximum Gasteiger partial charge on any atom is 0.270 e. The Labute approximate surface area is 190 Å². The van der Waals surface area contributed by atoms with Gasteiger partial charge in [0, 0.05) is 23.4 Å². The number of hydrogen-bond acceptors (Lipinski definition) is 6. The molecule has 8 nitrogen and oxygen atoms in total. The molecule has 0 saturated carbocycles. The lowest BCUT2D eigenvalue weighted by atomic mass is 10.0. The number of para-hydroxylation sites is 1. The van der Waals surface area contributed by atoms with E-state index in [0.717, 1.165) is 5.56 Å². The van der Waals surface area contributed by atoms with Crippen molar-refractivity contribution in [1.82, 2.24) is 0 Å². The van der Waals surface area contributed by atoms with E-state index in [2.05, 4.69) is 11.4 Å². The minimum absolute atomic E-state index is 0.122. The highest BCUT2D eigenvalue weighted by atomic mass is 16.6. The largest absolute Gasteiger partial charge is 0.493 e. The highest BCUT2D eigenvalue weighted by Crippen LogP contribution is 2.34. The number of aryl methyl sites for hydroxylation is 1. The summed E-state index contributed by atoms with van der Waals surface area (Å²) >= 11 is 0. The summed E-state index contributed by atoms with van der Waals surface area (Å²) in [7, 11) is 1.47. The Hall–Kier alpha value is -4.64. The maximum atomic E-state index is 12.4. The Morgan fingerprint density at radius 1 is 1.15 bits per heavy atom. The Kier molecular flexibility index (Phi) is 7.39. The van der Waals surface area contributed by atoms with Crippen LogP contribution in [0, 0.1) is 28.4 Å². The van der Waals surface area contributed by atoms with Crippen LogP contribution in [0.2, 0.25) is 0 Å². The van der Waals surface area contributed by atoms with Gasteiger partial charge in [-0.25, -0.2) is 0 Å². The number of benzene rings is 3. The van der Waals surface area contributed by atoms with Gasteiger partial charge >= 0.3 is 0 Å². The Balaban J connectivity index is 1.86. The molecule has 0 unspecified atom stereocenters. The second-order valence-corrected chi connectivity index (χ2v) is 7.06. The van der Waals surface area contributed by atoms with Gasteiger partial charge in [0.1, 0.15) is 0 Å². The molecule has 3 rings (SSSR count). The van der Waals surface area contributed by atoms with Crippen LogP contribution in [0.5, 0.6) is 11.5 Å². The monoisotopic (exact) mass is 443 g/mol. The molecular formula is C25H21N3O5. The van der Waals surface area contributed by atoms with Crippen LogP contribution in [0.1, 0.15) is 16.7 Å². The molecule has 0 atom stereocenters. The van der Waals surface area contributed by atoms with Crippen LogP contribution < -0.4 is 14.8 Å². The molecule has 3 aromatic rings. The standard InChI is InChI=1S/C25H21N3O5/c1-17-9-11-21(12-10-17)27-24(29)16-33-25-19(6-4-8-23(25)32-2)13-20(15-26)18-5-3-7-22(14-18)28(30)31/h3-14H,16H2,1-2H3,(H,27,29). The Morgan fingerprint density at radius 3 is 2.55 bits per heavy atom. The van der Waals surface area contributed by atoms with Gasteiger partial charge in [-0.2, -0.15) is 5.26 Å². The number of carbonyl (C=O) groups is 1. The summed E-state index contributed by atoms with van der Waals surface area (Å²) in [5.74, 6) is 0.291. The molecule has 8 heteroatoms. The molecule has 0 aromatic heterocycles. The van der Waals surface area contributed by atoms with Crippen LogP contribution in [-0.4, -0.2) is 24.5 Å². The topological polar surface area (TPSA) is 114 Å². The van der Waals surface area contributed by atoms with Gasteiger partial charge in [0.05, 0.1) is 23.7 Å². The summed E-state index contributed by atoms with van der Waals surface area (Å²) in [6.07, 6.45) is 1.54. The number of amides is 1. The fraction of sp³-hybridized carbons (Fsp3) is 0.120. The van der Waals surface area contributed by atoms with E-state index in [0.29, 0.717) is 22.6 Å². The van der Waals surface area contributed by atoms with Crippen molar-refractivity contribution in [3.63, 3.8) is 0 Å². The predicted molar refractivity (Wildman–Crippen MR) is 125 cm³/mol. The molecule has 0 radical (unpaired) electrons. The molecular weight excluding hydrogens is 422 g/mol.